The van der Waals surface area contributed by atoms with Gasteiger partial charge in [-0.05, 0) is 64.2 Å². The van der Waals surface area contributed by atoms with Crippen molar-refractivity contribution in [2.24, 2.45) is 0 Å². The molecule has 0 amide bonds. The van der Waals surface area contributed by atoms with Crippen molar-refractivity contribution in [3.8, 4) is 0 Å². The highest BCUT2D eigenvalue weighted by Crippen LogP contribution is 2.23. The minimum atomic E-state index is -1.59. The quantitative estimate of drug-likeness (QED) is 0.0264. The van der Waals surface area contributed by atoms with E-state index in [1.165, 1.54) is 167 Å². The Kier molecular flexibility index (Phi) is 41.4. The minimum Gasteiger partial charge on any atom is -0.462 e. The second-order valence-corrected chi connectivity index (χ2v) is 18.3. The first-order valence-electron chi connectivity index (χ1n) is 26.4. The highest BCUT2D eigenvalue weighted by Gasteiger charge is 2.44. The third-order valence-electron chi connectivity index (χ3n) is 12.3. The Hall–Kier alpha value is -1.82. The van der Waals surface area contributed by atoms with E-state index in [0.717, 1.165) is 44.9 Å². The molecule has 10 heteroatoms. The van der Waals surface area contributed by atoms with Crippen LogP contribution in [0.3, 0.4) is 0 Å². The fourth-order valence-corrected chi connectivity index (χ4v) is 8.12. The summed E-state index contributed by atoms with van der Waals surface area (Å²) in [6.07, 6.45) is 43.2. The molecule has 0 spiro atoms. The molecular formula is C53H98O10. The first-order chi connectivity index (χ1) is 30.8. The summed E-state index contributed by atoms with van der Waals surface area (Å²) in [7, 11) is 0. The van der Waals surface area contributed by atoms with Crippen molar-refractivity contribution in [1.82, 2.24) is 0 Å². The first-order valence-corrected chi connectivity index (χ1v) is 26.4. The SMILES string of the molecule is CCCCCCCC/C=C\CCCCCCCCCCCC(=O)OCC(COC1OC(CO)C(O)C(O)C1O)OC(=O)CCCCCCCCCCC/C=C\CCCCCCCC. The summed E-state index contributed by atoms with van der Waals surface area (Å²) in [4.78, 5) is 25.5. The van der Waals surface area contributed by atoms with Gasteiger partial charge in [0, 0.05) is 12.8 Å². The molecule has 1 rings (SSSR count). The van der Waals surface area contributed by atoms with Crippen LogP contribution < -0.4 is 0 Å². The van der Waals surface area contributed by atoms with E-state index in [-0.39, 0.29) is 32.0 Å². The monoisotopic (exact) mass is 895 g/mol. The largest absolute Gasteiger partial charge is 0.462 e. The standard InChI is InChI=1S/C53H98O10/c1-3-5-7-9-11-13-15-17-19-21-23-25-27-29-31-33-35-37-39-41-48(55)60-44-46(45-61-53-52(59)51(58)50(57)47(43-54)63-53)62-49(56)42-40-38-36-34-32-30-28-26-24-22-20-18-16-14-12-10-8-6-4-2/h17-20,46-47,50-54,57-59H,3-16,21-45H2,1-2H3/b19-17-,20-18-. The molecule has 0 saturated carbocycles. The lowest BCUT2D eigenvalue weighted by Gasteiger charge is -2.39. The second-order valence-electron chi connectivity index (χ2n) is 18.3. The predicted octanol–water partition coefficient (Wildman–Crippen LogP) is 12.5. The molecule has 0 aromatic heterocycles. The van der Waals surface area contributed by atoms with E-state index in [0.29, 0.717) is 6.42 Å². The number of aliphatic hydroxyl groups is 4. The number of unbranched alkanes of at least 4 members (excludes halogenated alkanes) is 30. The van der Waals surface area contributed by atoms with Gasteiger partial charge in [-0.2, -0.15) is 0 Å². The van der Waals surface area contributed by atoms with Gasteiger partial charge in [0.1, 0.15) is 31.0 Å². The summed E-state index contributed by atoms with van der Waals surface area (Å²) >= 11 is 0. The zero-order valence-electron chi connectivity index (χ0n) is 40.6. The lowest BCUT2D eigenvalue weighted by Crippen LogP contribution is -2.59. The lowest BCUT2D eigenvalue weighted by atomic mass is 9.99. The summed E-state index contributed by atoms with van der Waals surface area (Å²) in [6.45, 7) is 3.45. The number of carbonyl (C=O) groups is 2. The van der Waals surface area contributed by atoms with E-state index in [1.807, 2.05) is 0 Å². The first kappa shape index (κ1) is 59.2. The van der Waals surface area contributed by atoms with Gasteiger partial charge >= 0.3 is 11.9 Å². The molecule has 10 nitrogen and oxygen atoms in total. The van der Waals surface area contributed by atoms with Gasteiger partial charge in [-0.15, -0.1) is 0 Å². The van der Waals surface area contributed by atoms with Gasteiger partial charge in [-0.25, -0.2) is 0 Å². The maximum absolute atomic E-state index is 12.8. The van der Waals surface area contributed by atoms with Crippen LogP contribution in [0.1, 0.15) is 245 Å². The normalized spacial score (nSPS) is 19.6. The smallest absolute Gasteiger partial charge is 0.306 e. The third kappa shape index (κ3) is 35.1. The molecule has 4 N–H and O–H groups in total. The fourth-order valence-electron chi connectivity index (χ4n) is 8.12. The van der Waals surface area contributed by atoms with Crippen LogP contribution in [0.5, 0.6) is 0 Å². The molecule has 1 fully saturated rings. The van der Waals surface area contributed by atoms with Gasteiger partial charge in [-0.1, -0.05) is 192 Å². The van der Waals surface area contributed by atoms with Crippen LogP contribution in [0.15, 0.2) is 24.3 Å². The van der Waals surface area contributed by atoms with Gasteiger partial charge in [0.05, 0.1) is 13.2 Å². The van der Waals surface area contributed by atoms with Crippen molar-refractivity contribution in [3.63, 3.8) is 0 Å². The highest BCUT2D eigenvalue weighted by atomic mass is 16.7. The second kappa shape index (κ2) is 44.0. The molecular weight excluding hydrogens is 797 g/mol. The molecule has 0 radical (unpaired) electrons. The number of hydrogen-bond acceptors (Lipinski definition) is 10. The Labute approximate surface area is 385 Å². The molecule has 63 heavy (non-hydrogen) atoms. The van der Waals surface area contributed by atoms with E-state index < -0.39 is 49.4 Å². The van der Waals surface area contributed by atoms with Gasteiger partial charge in [0.25, 0.3) is 0 Å². The van der Waals surface area contributed by atoms with E-state index in [9.17, 15) is 30.0 Å². The summed E-state index contributed by atoms with van der Waals surface area (Å²) in [6, 6.07) is 0. The molecule has 0 aromatic rings. The van der Waals surface area contributed by atoms with E-state index in [2.05, 4.69) is 38.2 Å². The molecule has 0 aliphatic carbocycles. The van der Waals surface area contributed by atoms with Gasteiger partial charge in [0.2, 0.25) is 0 Å². The summed E-state index contributed by atoms with van der Waals surface area (Å²) in [5.41, 5.74) is 0. The average molecular weight is 895 g/mol. The zero-order chi connectivity index (χ0) is 45.9. The topological polar surface area (TPSA) is 152 Å². The lowest BCUT2D eigenvalue weighted by molar-refractivity contribution is -0.305. The van der Waals surface area contributed by atoms with E-state index >= 15 is 0 Å². The molecule has 370 valence electrons. The molecule has 6 atom stereocenters. The molecule has 0 aromatic carbocycles. The summed E-state index contributed by atoms with van der Waals surface area (Å²) in [5, 5.41) is 40.2. The number of allylic oxidation sites excluding steroid dienone is 4. The highest BCUT2D eigenvalue weighted by molar-refractivity contribution is 5.70. The Morgan fingerprint density at radius 1 is 0.476 bits per heavy atom. The molecule has 1 heterocycles. The maximum Gasteiger partial charge on any atom is 0.306 e. The molecule has 1 aliphatic heterocycles. The van der Waals surface area contributed by atoms with E-state index in [1.54, 1.807) is 0 Å². The molecule has 1 saturated heterocycles. The summed E-state index contributed by atoms with van der Waals surface area (Å²) < 4.78 is 22.3. The maximum atomic E-state index is 12.8. The van der Waals surface area contributed by atoms with Crippen molar-refractivity contribution >= 4 is 11.9 Å². The van der Waals surface area contributed by atoms with Crippen molar-refractivity contribution in [3.05, 3.63) is 24.3 Å². The van der Waals surface area contributed by atoms with Crippen molar-refractivity contribution in [2.75, 3.05) is 19.8 Å². The zero-order valence-corrected chi connectivity index (χ0v) is 40.6. The number of carbonyl (C=O) groups excluding carboxylic acids is 2. The molecule has 6 unspecified atom stereocenters. The molecule has 0 bridgehead atoms. The van der Waals surface area contributed by atoms with Crippen LogP contribution in [0.2, 0.25) is 0 Å². The Balaban J connectivity index is 2.25. The summed E-state index contributed by atoms with van der Waals surface area (Å²) in [5.74, 6) is -0.800. The number of aliphatic hydroxyl groups excluding tert-OH is 4. The number of hydrogen-bond donors (Lipinski definition) is 4. The van der Waals surface area contributed by atoms with Crippen LogP contribution in [0.4, 0.5) is 0 Å². The minimum absolute atomic E-state index is 0.216. The van der Waals surface area contributed by atoms with Gasteiger partial charge in [-0.3, -0.25) is 9.59 Å². The van der Waals surface area contributed by atoms with Gasteiger partial charge < -0.3 is 39.4 Å². The number of ether oxygens (including phenoxy) is 4. The van der Waals surface area contributed by atoms with Crippen molar-refractivity contribution < 1.29 is 49.0 Å². The fraction of sp³-hybridized carbons (Fsp3) is 0.887. The Morgan fingerprint density at radius 3 is 1.24 bits per heavy atom. The third-order valence-corrected chi connectivity index (χ3v) is 12.3. The van der Waals surface area contributed by atoms with Crippen molar-refractivity contribution in [1.29, 1.82) is 0 Å². The van der Waals surface area contributed by atoms with Crippen LogP contribution in [-0.2, 0) is 28.5 Å². The van der Waals surface area contributed by atoms with Crippen LogP contribution in [0, 0.1) is 0 Å². The average Bonchev–Trinajstić information content (AvgIpc) is 3.28. The van der Waals surface area contributed by atoms with Crippen LogP contribution in [0.25, 0.3) is 0 Å². The number of rotatable bonds is 45. The Bertz CT molecular complexity index is 1080. The molecule has 1 aliphatic rings. The number of esters is 2. The Morgan fingerprint density at radius 2 is 0.841 bits per heavy atom. The van der Waals surface area contributed by atoms with Gasteiger partial charge in [0.15, 0.2) is 12.4 Å². The predicted molar refractivity (Wildman–Crippen MR) is 256 cm³/mol. The van der Waals surface area contributed by atoms with E-state index in [4.69, 9.17) is 18.9 Å². The van der Waals surface area contributed by atoms with Crippen LogP contribution >= 0.6 is 0 Å². The van der Waals surface area contributed by atoms with Crippen LogP contribution in [-0.4, -0.2) is 89.0 Å². The van der Waals surface area contributed by atoms with Crippen molar-refractivity contribution in [2.45, 2.75) is 282 Å².